The van der Waals surface area contributed by atoms with Crippen molar-refractivity contribution in [2.24, 2.45) is 11.3 Å². The minimum atomic E-state index is -0.191. The van der Waals surface area contributed by atoms with Gasteiger partial charge in [0.1, 0.15) is 0 Å². The largest absolute Gasteiger partial charge is 0.384 e. The van der Waals surface area contributed by atoms with Gasteiger partial charge in [0.2, 0.25) is 0 Å². The van der Waals surface area contributed by atoms with Gasteiger partial charge in [-0.05, 0) is 43.3 Å². The summed E-state index contributed by atoms with van der Waals surface area (Å²) in [5, 5.41) is 3.34. The van der Waals surface area contributed by atoms with E-state index >= 15 is 0 Å². The summed E-state index contributed by atoms with van der Waals surface area (Å²) in [5.41, 5.74) is 3.93. The van der Waals surface area contributed by atoms with Gasteiger partial charge in [-0.3, -0.25) is 4.79 Å². The summed E-state index contributed by atoms with van der Waals surface area (Å²) in [6.07, 6.45) is 13.5. The van der Waals surface area contributed by atoms with Crippen molar-refractivity contribution in [1.82, 2.24) is 5.32 Å². The van der Waals surface area contributed by atoms with Crippen LogP contribution in [0, 0.1) is 11.3 Å². The molecule has 0 bridgehead atoms. The molecule has 0 aromatic heterocycles. The number of hydrogen-bond acceptors (Lipinski definition) is 2. The zero-order valence-corrected chi connectivity index (χ0v) is 15.0. The van der Waals surface area contributed by atoms with E-state index in [0.717, 1.165) is 48.2 Å². The number of ketones is 1. The fraction of sp³-hybridized carbons (Fsp3) is 0.409. The lowest BCUT2D eigenvalue weighted by atomic mass is 9.74. The third-order valence-electron chi connectivity index (χ3n) is 5.07. The van der Waals surface area contributed by atoms with Gasteiger partial charge in [0.25, 0.3) is 0 Å². The van der Waals surface area contributed by atoms with E-state index in [1.54, 1.807) is 0 Å². The summed E-state index contributed by atoms with van der Waals surface area (Å²) in [5.74, 6) is 0.607. The van der Waals surface area contributed by atoms with Gasteiger partial charge in [-0.15, -0.1) is 6.58 Å². The van der Waals surface area contributed by atoms with E-state index < -0.39 is 0 Å². The molecule has 1 N–H and O–H groups in total. The molecule has 2 heteroatoms. The molecule has 0 amide bonds. The van der Waals surface area contributed by atoms with Crippen molar-refractivity contribution in [1.29, 1.82) is 0 Å². The normalized spacial score (nSPS) is 31.2. The van der Waals surface area contributed by atoms with Gasteiger partial charge in [0.05, 0.1) is 0 Å². The summed E-state index contributed by atoms with van der Waals surface area (Å²) in [4.78, 5) is 12.5. The van der Waals surface area contributed by atoms with E-state index in [1.165, 1.54) is 0 Å². The van der Waals surface area contributed by atoms with Crippen molar-refractivity contribution in [3.63, 3.8) is 0 Å². The van der Waals surface area contributed by atoms with Crippen molar-refractivity contribution in [3.05, 3.63) is 72.5 Å². The molecule has 2 fully saturated rings. The minimum absolute atomic E-state index is 0.191. The minimum Gasteiger partial charge on any atom is -0.384 e. The zero-order valence-electron chi connectivity index (χ0n) is 15.0. The van der Waals surface area contributed by atoms with Gasteiger partial charge in [-0.1, -0.05) is 56.0 Å². The van der Waals surface area contributed by atoms with Gasteiger partial charge in [-0.25, -0.2) is 0 Å². The Morgan fingerprint density at radius 1 is 1.38 bits per heavy atom. The summed E-state index contributed by atoms with van der Waals surface area (Å²) < 4.78 is 0. The summed E-state index contributed by atoms with van der Waals surface area (Å²) in [6, 6.07) is 0. The fourth-order valence-corrected chi connectivity index (χ4v) is 3.57. The maximum atomic E-state index is 12.5. The van der Waals surface area contributed by atoms with E-state index in [9.17, 15) is 4.79 Å². The van der Waals surface area contributed by atoms with Gasteiger partial charge in [-0.2, -0.15) is 0 Å². The van der Waals surface area contributed by atoms with Gasteiger partial charge in [0, 0.05) is 24.1 Å². The molecule has 0 radical (unpaired) electrons. The second kappa shape index (κ2) is 7.65. The maximum absolute atomic E-state index is 12.5. The molecule has 2 rings (SSSR count). The van der Waals surface area contributed by atoms with Crippen LogP contribution in [0.4, 0.5) is 0 Å². The van der Waals surface area contributed by atoms with Crippen molar-refractivity contribution in [3.8, 4) is 0 Å². The molecule has 2 unspecified atom stereocenters. The SMILES string of the molecule is C=CCCC1C/C(=C\C2(C)CNC(=C)/C2=C\C=C/C)C(=O)CC1=C. The molecule has 24 heavy (non-hydrogen) atoms. The molecule has 1 aliphatic heterocycles. The molecule has 1 heterocycles. The predicted octanol–water partition coefficient (Wildman–Crippen LogP) is 5.04. The second-order valence-electron chi connectivity index (χ2n) is 7.05. The zero-order chi connectivity index (χ0) is 17.7. The maximum Gasteiger partial charge on any atom is 0.162 e. The van der Waals surface area contributed by atoms with Crippen LogP contribution in [0.15, 0.2) is 72.5 Å². The first-order valence-corrected chi connectivity index (χ1v) is 8.71. The summed E-state index contributed by atoms with van der Waals surface area (Å²) >= 11 is 0. The number of hydrogen-bond donors (Lipinski definition) is 1. The molecule has 2 nitrogen and oxygen atoms in total. The lowest BCUT2D eigenvalue weighted by Crippen LogP contribution is -2.24. The topological polar surface area (TPSA) is 29.1 Å². The quantitative estimate of drug-likeness (QED) is 0.567. The second-order valence-corrected chi connectivity index (χ2v) is 7.05. The van der Waals surface area contributed by atoms with E-state index in [-0.39, 0.29) is 11.2 Å². The van der Waals surface area contributed by atoms with Gasteiger partial charge < -0.3 is 5.32 Å². The Morgan fingerprint density at radius 2 is 2.12 bits per heavy atom. The van der Waals surface area contributed by atoms with Crippen LogP contribution in [0.5, 0.6) is 0 Å². The Morgan fingerprint density at radius 3 is 2.79 bits per heavy atom. The van der Waals surface area contributed by atoms with E-state index in [4.69, 9.17) is 0 Å². The number of Topliss-reactive ketones (excluding diaryl/α,β-unsaturated/α-hetero) is 1. The smallest absolute Gasteiger partial charge is 0.162 e. The van der Waals surface area contributed by atoms with E-state index in [2.05, 4.69) is 44.1 Å². The molecule has 128 valence electrons. The highest BCUT2D eigenvalue weighted by Crippen LogP contribution is 2.41. The molecular formula is C22H29NO. The highest BCUT2D eigenvalue weighted by atomic mass is 16.1. The molecule has 1 saturated heterocycles. The molecule has 0 spiro atoms. The van der Waals surface area contributed by atoms with Crippen molar-refractivity contribution >= 4 is 5.78 Å². The highest BCUT2D eigenvalue weighted by molar-refractivity contribution is 5.98. The Labute approximate surface area is 146 Å². The Hall–Kier alpha value is -2.09. The summed E-state index contributed by atoms with van der Waals surface area (Å²) in [7, 11) is 0. The van der Waals surface area contributed by atoms with Crippen LogP contribution >= 0.6 is 0 Å². The standard InChI is InChI=1S/C22H29NO/c1-6-8-10-18-13-19(21(24)12-16(18)3)14-22(5)15-23-17(4)20(22)11-9-7-2/h6-7,9,11,14,18,23H,1,3-4,8,10,12-13,15H2,2,5H3/b9-7-,19-14+,20-11+. The van der Waals surface area contributed by atoms with Crippen LogP contribution in [0.1, 0.15) is 39.5 Å². The molecule has 1 saturated carbocycles. The monoisotopic (exact) mass is 323 g/mol. The number of nitrogens with one attached hydrogen (secondary N) is 1. The average Bonchev–Trinajstić information content (AvgIpc) is 2.82. The van der Waals surface area contributed by atoms with Crippen LogP contribution in [-0.2, 0) is 4.79 Å². The average molecular weight is 323 g/mol. The highest BCUT2D eigenvalue weighted by Gasteiger charge is 2.36. The van der Waals surface area contributed by atoms with Crippen molar-refractivity contribution in [2.45, 2.75) is 39.5 Å². The van der Waals surface area contributed by atoms with Crippen LogP contribution in [0.2, 0.25) is 0 Å². The Kier molecular flexibility index (Phi) is 5.82. The fourth-order valence-electron chi connectivity index (χ4n) is 3.57. The Bertz CT molecular complexity index is 647. The Balaban J connectivity index is 2.30. The number of carbonyl (C=O) groups excluding carboxylic acids is 1. The molecule has 2 aliphatic rings. The number of carbonyl (C=O) groups is 1. The third kappa shape index (κ3) is 3.87. The number of rotatable bonds is 5. The molecular weight excluding hydrogens is 294 g/mol. The molecule has 2 atom stereocenters. The van der Waals surface area contributed by atoms with Crippen LogP contribution in [-0.4, -0.2) is 12.3 Å². The molecule has 0 aromatic carbocycles. The first-order valence-electron chi connectivity index (χ1n) is 8.71. The van der Waals surface area contributed by atoms with Crippen LogP contribution < -0.4 is 5.32 Å². The van der Waals surface area contributed by atoms with E-state index in [1.807, 2.05) is 25.2 Å². The lowest BCUT2D eigenvalue weighted by molar-refractivity contribution is -0.115. The van der Waals surface area contributed by atoms with E-state index in [0.29, 0.717) is 12.3 Å². The molecule has 0 aromatic rings. The third-order valence-corrected chi connectivity index (χ3v) is 5.07. The summed E-state index contributed by atoms with van der Waals surface area (Å²) in [6.45, 7) is 17.0. The van der Waals surface area contributed by atoms with Gasteiger partial charge >= 0.3 is 0 Å². The first kappa shape index (κ1) is 18.3. The molecule has 1 aliphatic carbocycles. The van der Waals surface area contributed by atoms with Crippen LogP contribution in [0.3, 0.4) is 0 Å². The van der Waals surface area contributed by atoms with Crippen molar-refractivity contribution in [2.75, 3.05) is 6.54 Å². The number of allylic oxidation sites excluding steroid dienone is 7. The predicted molar refractivity (Wildman–Crippen MR) is 103 cm³/mol. The first-order chi connectivity index (χ1) is 11.4. The van der Waals surface area contributed by atoms with Crippen LogP contribution in [0.25, 0.3) is 0 Å². The van der Waals surface area contributed by atoms with Crippen molar-refractivity contribution < 1.29 is 4.79 Å². The van der Waals surface area contributed by atoms with Gasteiger partial charge in [0.15, 0.2) is 5.78 Å². The lowest BCUT2D eigenvalue weighted by Gasteiger charge is -2.29.